The van der Waals surface area contributed by atoms with Crippen LogP contribution in [-0.2, 0) is 25.9 Å². The van der Waals surface area contributed by atoms with Crippen molar-refractivity contribution in [1.82, 2.24) is 24.2 Å². The van der Waals surface area contributed by atoms with Crippen LogP contribution < -0.4 is 9.47 Å². The van der Waals surface area contributed by atoms with Crippen molar-refractivity contribution >= 4 is 19.7 Å². The summed E-state index contributed by atoms with van der Waals surface area (Å²) in [5, 5.41) is 0. The third-order valence-corrected chi connectivity index (χ3v) is 10.6. The first-order valence-corrected chi connectivity index (χ1v) is 18.2. The Balaban J connectivity index is 1.56. The van der Waals surface area contributed by atoms with E-state index < -0.39 is 20.2 Å². The van der Waals surface area contributed by atoms with Crippen LogP contribution in [0.5, 0.6) is 11.5 Å². The molecule has 5 rings (SSSR count). The van der Waals surface area contributed by atoms with Gasteiger partial charge >= 0.3 is 0 Å². The zero-order valence-electron chi connectivity index (χ0n) is 30.4. The van der Waals surface area contributed by atoms with Crippen molar-refractivity contribution in [2.45, 2.75) is 65.0 Å². The Bertz CT molecular complexity index is 1810. The molecule has 11 nitrogen and oxygen atoms in total. The molecule has 0 aliphatic heterocycles. The molecule has 1 unspecified atom stereocenters. The van der Waals surface area contributed by atoms with Gasteiger partial charge in [0.25, 0.3) is 8.53 Å². The van der Waals surface area contributed by atoms with Crippen LogP contribution in [0.15, 0.2) is 91.4 Å². The predicted molar refractivity (Wildman–Crippen MR) is 200 cm³/mol. The van der Waals surface area contributed by atoms with Gasteiger partial charge in [0.2, 0.25) is 6.54 Å². The Hall–Kier alpha value is -4.43. The van der Waals surface area contributed by atoms with Crippen molar-refractivity contribution in [3.63, 3.8) is 0 Å². The van der Waals surface area contributed by atoms with Crippen LogP contribution in [0.4, 0.5) is 0 Å². The van der Waals surface area contributed by atoms with Crippen molar-refractivity contribution in [2.24, 2.45) is 0 Å². The molecule has 0 fully saturated rings. The van der Waals surface area contributed by atoms with Gasteiger partial charge in [-0.2, -0.15) is 0 Å². The summed E-state index contributed by atoms with van der Waals surface area (Å²) < 4.78 is 35.4. The van der Waals surface area contributed by atoms with E-state index in [2.05, 4.69) is 59.3 Å². The van der Waals surface area contributed by atoms with E-state index in [1.165, 1.54) is 6.33 Å². The molecule has 0 radical (unpaired) electrons. The third-order valence-electron chi connectivity index (χ3n) is 8.50. The van der Waals surface area contributed by atoms with E-state index in [1.807, 2.05) is 78.2 Å². The Morgan fingerprint density at radius 1 is 0.804 bits per heavy atom. The predicted octanol–water partition coefficient (Wildman–Crippen LogP) is 8.21. The van der Waals surface area contributed by atoms with E-state index >= 15 is 0 Å². The normalized spacial score (nSPS) is 13.1. The minimum atomic E-state index is -1.41. The largest absolute Gasteiger partial charge is 0.497 e. The quantitative estimate of drug-likeness (QED) is 0.0386. The van der Waals surface area contributed by atoms with Gasteiger partial charge in [-0.15, -0.1) is 0 Å². The lowest BCUT2D eigenvalue weighted by atomic mass is 9.79. The molecule has 51 heavy (non-hydrogen) atoms. The van der Waals surface area contributed by atoms with Crippen LogP contribution in [0.3, 0.4) is 0 Å². The molecule has 0 bridgehead atoms. The lowest BCUT2D eigenvalue weighted by Gasteiger charge is -2.38. The maximum atomic E-state index is 7.38. The summed E-state index contributed by atoms with van der Waals surface area (Å²) in [6.07, 6.45) is 2.70. The highest BCUT2D eigenvalue weighted by Crippen LogP contribution is 2.47. The molecule has 0 spiro atoms. The highest BCUT2D eigenvalue weighted by Gasteiger charge is 2.41. The zero-order valence-corrected chi connectivity index (χ0v) is 31.3. The lowest BCUT2D eigenvalue weighted by Crippen LogP contribution is -2.35. The van der Waals surface area contributed by atoms with Crippen LogP contribution in [-0.4, -0.2) is 70.3 Å². The first kappa shape index (κ1) is 37.8. The molecule has 2 aromatic heterocycles. The highest BCUT2D eigenvalue weighted by atomic mass is 31.2. The van der Waals surface area contributed by atoms with E-state index in [4.69, 9.17) is 34.8 Å². The molecule has 2 heterocycles. The number of methoxy groups -OCH3 is 2. The number of hydrogen-bond donors (Lipinski definition) is 0. The molecule has 12 heteroatoms. The number of fused-ring (bicyclic) bond motifs is 1. The molecule has 0 N–H and O–H groups in total. The van der Waals surface area contributed by atoms with Crippen molar-refractivity contribution in [1.29, 1.82) is 0 Å². The van der Waals surface area contributed by atoms with E-state index in [-0.39, 0.29) is 18.6 Å². The van der Waals surface area contributed by atoms with Crippen LogP contribution in [0.1, 0.15) is 63.2 Å². The number of nitrogens with zero attached hydrogens (tertiary/aromatic N) is 6. The molecule has 268 valence electrons. The number of benzene rings is 3. The van der Waals surface area contributed by atoms with Gasteiger partial charge in [0.15, 0.2) is 5.65 Å². The average Bonchev–Trinajstić information content (AvgIpc) is 3.52. The molecule has 0 amide bonds. The Morgan fingerprint density at radius 2 is 1.37 bits per heavy atom. The smallest absolute Gasteiger partial charge is 0.259 e. The molecular weight excluding hydrogens is 663 g/mol. The minimum absolute atomic E-state index is 0.192. The third kappa shape index (κ3) is 8.55. The van der Waals surface area contributed by atoms with Gasteiger partial charge in [-0.1, -0.05) is 54.6 Å². The van der Waals surface area contributed by atoms with Gasteiger partial charge < -0.3 is 32.7 Å². The second-order valence-electron chi connectivity index (χ2n) is 12.5. The van der Waals surface area contributed by atoms with E-state index in [1.54, 1.807) is 20.4 Å². The fourth-order valence-electron chi connectivity index (χ4n) is 6.29. The zero-order chi connectivity index (χ0) is 36.4. The summed E-state index contributed by atoms with van der Waals surface area (Å²) in [4.78, 5) is 17.4. The van der Waals surface area contributed by atoms with Crippen LogP contribution >= 0.6 is 8.53 Å². The van der Waals surface area contributed by atoms with Crippen molar-refractivity contribution in [3.8, 4) is 11.5 Å². The van der Waals surface area contributed by atoms with Crippen molar-refractivity contribution in [2.75, 3.05) is 34.0 Å². The molecule has 3 aromatic carbocycles. The van der Waals surface area contributed by atoms with E-state index in [0.717, 1.165) is 28.2 Å². The van der Waals surface area contributed by atoms with Crippen LogP contribution in [0.25, 0.3) is 16.0 Å². The minimum Gasteiger partial charge on any atom is -0.497 e. The maximum Gasteiger partial charge on any atom is 0.259 e. The van der Waals surface area contributed by atoms with E-state index in [9.17, 15) is 0 Å². The molecule has 0 aliphatic carbocycles. The molecule has 2 atom stereocenters. The average molecular weight is 711 g/mol. The first-order chi connectivity index (χ1) is 24.7. The number of hydrogen-bond acceptors (Lipinski definition) is 9. The second-order valence-corrected chi connectivity index (χ2v) is 13.9. The molecule has 0 saturated carbocycles. The van der Waals surface area contributed by atoms with Crippen molar-refractivity contribution < 1.29 is 23.3 Å². The Labute approximate surface area is 302 Å². The molecule has 5 aromatic rings. The molecule has 0 aliphatic rings. The molecule has 0 saturated heterocycles. The SMILES string of the molecule is [C-]#[N+]CCOP(OCCn1c([C@H](C)OC(c2ccccc2)(c2ccc(OC)cc2)c2ccc(OC)cc2)nc2cncnc21)N(C(C)C)C(C)C. The topological polar surface area (TPSA) is 97.4 Å². The monoisotopic (exact) mass is 710 g/mol. The van der Waals surface area contributed by atoms with Gasteiger partial charge in [-0.05, 0) is 75.6 Å². The summed E-state index contributed by atoms with van der Waals surface area (Å²) in [5.41, 5.74) is 3.07. The number of aromatic nitrogens is 4. The summed E-state index contributed by atoms with van der Waals surface area (Å²) in [6, 6.07) is 26.5. The van der Waals surface area contributed by atoms with Crippen molar-refractivity contribution in [3.05, 3.63) is 125 Å². The summed E-state index contributed by atoms with van der Waals surface area (Å²) in [6.45, 7) is 19.1. The Morgan fingerprint density at radius 3 is 1.92 bits per heavy atom. The fourth-order valence-corrected chi connectivity index (χ4v) is 7.86. The van der Waals surface area contributed by atoms with Gasteiger partial charge in [-0.25, -0.2) is 26.2 Å². The number of ether oxygens (including phenoxy) is 3. The first-order valence-electron chi connectivity index (χ1n) is 17.1. The maximum absolute atomic E-state index is 7.38. The van der Waals surface area contributed by atoms with Gasteiger partial charge in [0.05, 0.1) is 27.0 Å². The van der Waals surface area contributed by atoms with Crippen LogP contribution in [0.2, 0.25) is 0 Å². The Kier molecular flexibility index (Phi) is 13.1. The van der Waals surface area contributed by atoms with E-state index in [0.29, 0.717) is 36.7 Å². The molecular formula is C39H47N6O5P. The van der Waals surface area contributed by atoms with Gasteiger partial charge in [0, 0.05) is 18.6 Å². The summed E-state index contributed by atoms with van der Waals surface area (Å²) in [5.74, 6) is 2.17. The van der Waals surface area contributed by atoms with Crippen LogP contribution in [0, 0.1) is 6.57 Å². The second kappa shape index (κ2) is 17.7. The standard InChI is InChI=1S/C39H47N6O5P/c1-28(2)45(29(3)4)51(48-24-22-40-6)49-25-23-44-37(43-36-26-41-27-42-38(36)44)30(5)50-39(31-12-10-9-11-13-31,32-14-18-34(46-7)19-15-32)33-16-20-35(47-8)21-17-33/h9-21,26-30H,22-25H2,1-5,7-8H3/t30-,51?/m0/s1. The number of rotatable bonds is 18. The van der Waals surface area contributed by atoms with Gasteiger partial charge in [0.1, 0.15) is 47.5 Å². The summed E-state index contributed by atoms with van der Waals surface area (Å²) in [7, 11) is 1.90. The highest BCUT2D eigenvalue weighted by molar-refractivity contribution is 7.44. The summed E-state index contributed by atoms with van der Waals surface area (Å²) >= 11 is 0. The lowest BCUT2D eigenvalue weighted by molar-refractivity contribution is -0.0456. The number of imidazole rings is 1. The van der Waals surface area contributed by atoms with Gasteiger partial charge in [-0.3, -0.25) is 0 Å². The fraction of sp³-hybridized carbons (Fsp3) is 0.385.